The topological polar surface area (TPSA) is 82.1 Å². The van der Waals surface area contributed by atoms with Crippen molar-refractivity contribution in [1.29, 1.82) is 0 Å². The van der Waals surface area contributed by atoms with Crippen LogP contribution in [0.15, 0.2) is 24.3 Å². The number of Topliss-reactive ketones (excluding diaryl/α,β-unsaturated/α-hetero) is 1. The molecule has 0 radical (unpaired) electrons. The molecule has 2 bridgehead atoms. The summed E-state index contributed by atoms with van der Waals surface area (Å²) in [6.07, 6.45) is 2.25. The zero-order chi connectivity index (χ0) is 18.4. The van der Waals surface area contributed by atoms with Crippen LogP contribution >= 0.6 is 0 Å². The van der Waals surface area contributed by atoms with Crippen molar-refractivity contribution in [3.05, 3.63) is 29.8 Å². The number of hydrogen-bond acceptors (Lipinski definition) is 6. The summed E-state index contributed by atoms with van der Waals surface area (Å²) in [6, 6.07) is 4.68. The Kier molecular flexibility index (Phi) is 4.11. The van der Waals surface area contributed by atoms with Crippen LogP contribution < -0.4 is 4.74 Å². The Labute approximate surface area is 146 Å². The van der Waals surface area contributed by atoms with Gasteiger partial charge in [-0.05, 0) is 51.0 Å². The van der Waals surface area contributed by atoms with Crippen LogP contribution in [0.2, 0.25) is 0 Å². The Balaban J connectivity index is 2.09. The molecule has 2 aliphatic rings. The van der Waals surface area contributed by atoms with Gasteiger partial charge in [0, 0.05) is 12.0 Å². The molecular weight excluding hydrogens is 324 g/mol. The van der Waals surface area contributed by atoms with Crippen LogP contribution in [-0.4, -0.2) is 41.3 Å². The number of esters is 1. The van der Waals surface area contributed by atoms with Gasteiger partial charge >= 0.3 is 5.97 Å². The number of ether oxygens (including phenoxy) is 3. The van der Waals surface area contributed by atoms with E-state index in [9.17, 15) is 14.7 Å². The van der Waals surface area contributed by atoms with Crippen LogP contribution in [0.5, 0.6) is 11.5 Å². The van der Waals surface area contributed by atoms with Crippen LogP contribution in [0.1, 0.15) is 39.2 Å². The Bertz CT molecular complexity index is 758. The Morgan fingerprint density at radius 1 is 1.36 bits per heavy atom. The van der Waals surface area contributed by atoms with Gasteiger partial charge in [0.2, 0.25) is 5.60 Å². The smallest absolute Gasteiger partial charge is 0.351 e. The van der Waals surface area contributed by atoms with Gasteiger partial charge in [-0.15, -0.1) is 0 Å². The van der Waals surface area contributed by atoms with Gasteiger partial charge in [0.1, 0.15) is 5.60 Å². The number of methoxy groups -OCH3 is 1. The van der Waals surface area contributed by atoms with Crippen molar-refractivity contribution in [2.75, 3.05) is 7.11 Å². The normalized spacial score (nSPS) is 25.5. The summed E-state index contributed by atoms with van der Waals surface area (Å²) in [7, 11) is 1.44. The minimum atomic E-state index is -1.75. The number of ketones is 1. The second-order valence-electron chi connectivity index (χ2n) is 7.27. The maximum Gasteiger partial charge on any atom is 0.351 e. The fourth-order valence-corrected chi connectivity index (χ4v) is 3.20. The molecule has 6 nitrogen and oxygen atoms in total. The third kappa shape index (κ3) is 2.91. The average molecular weight is 346 g/mol. The van der Waals surface area contributed by atoms with Gasteiger partial charge in [-0.3, -0.25) is 4.79 Å². The molecule has 2 atom stereocenters. The molecule has 2 aliphatic heterocycles. The minimum Gasteiger partial charge on any atom is -0.504 e. The summed E-state index contributed by atoms with van der Waals surface area (Å²) < 4.78 is 16.5. The van der Waals surface area contributed by atoms with E-state index < -0.39 is 17.2 Å². The van der Waals surface area contributed by atoms with E-state index in [2.05, 4.69) is 0 Å². The number of benzene rings is 1. The molecule has 1 saturated heterocycles. The third-order valence-electron chi connectivity index (χ3n) is 4.29. The van der Waals surface area contributed by atoms with Crippen LogP contribution in [0.25, 0.3) is 5.57 Å². The second kappa shape index (κ2) is 5.88. The van der Waals surface area contributed by atoms with Crippen molar-refractivity contribution in [1.82, 2.24) is 0 Å². The van der Waals surface area contributed by atoms with Gasteiger partial charge in [0.05, 0.1) is 13.2 Å². The number of carbonyl (C=O) groups is 2. The highest BCUT2D eigenvalue weighted by Gasteiger charge is 2.59. The monoisotopic (exact) mass is 346 g/mol. The van der Waals surface area contributed by atoms with Gasteiger partial charge in [-0.25, -0.2) is 4.79 Å². The van der Waals surface area contributed by atoms with E-state index in [1.807, 2.05) is 0 Å². The van der Waals surface area contributed by atoms with Crippen LogP contribution in [0.3, 0.4) is 0 Å². The molecule has 2 heterocycles. The lowest BCUT2D eigenvalue weighted by Gasteiger charge is -2.35. The first-order valence-electron chi connectivity index (χ1n) is 8.21. The lowest BCUT2D eigenvalue weighted by Crippen LogP contribution is -2.53. The number of phenolic OH excluding ortho intramolecular Hbond substituents is 1. The average Bonchev–Trinajstić information content (AvgIpc) is 2.86. The predicted octanol–water partition coefficient (Wildman–Crippen LogP) is 2.63. The first-order valence-corrected chi connectivity index (χ1v) is 8.21. The second-order valence-corrected chi connectivity index (χ2v) is 7.27. The van der Waals surface area contributed by atoms with Crippen molar-refractivity contribution in [3.8, 4) is 11.5 Å². The molecule has 0 amide bonds. The zero-order valence-electron chi connectivity index (χ0n) is 14.8. The van der Waals surface area contributed by atoms with Crippen molar-refractivity contribution < 1.29 is 28.9 Å². The summed E-state index contributed by atoms with van der Waals surface area (Å²) in [5.41, 5.74) is -1.47. The number of rotatable bonds is 3. The van der Waals surface area contributed by atoms with E-state index in [-0.39, 0.29) is 29.8 Å². The fraction of sp³-hybridized carbons (Fsp3) is 0.474. The predicted molar refractivity (Wildman–Crippen MR) is 90.3 cm³/mol. The zero-order valence-corrected chi connectivity index (χ0v) is 14.8. The fourth-order valence-electron chi connectivity index (χ4n) is 3.20. The molecule has 0 unspecified atom stereocenters. The van der Waals surface area contributed by atoms with Crippen LogP contribution in [0, 0.1) is 0 Å². The Morgan fingerprint density at radius 3 is 2.72 bits per heavy atom. The van der Waals surface area contributed by atoms with Crippen LogP contribution in [0.4, 0.5) is 0 Å². The van der Waals surface area contributed by atoms with Crippen molar-refractivity contribution >= 4 is 17.3 Å². The summed E-state index contributed by atoms with van der Waals surface area (Å²) in [6.45, 7) is 5.23. The molecule has 3 rings (SSSR count). The summed E-state index contributed by atoms with van der Waals surface area (Å²) >= 11 is 0. The maximum absolute atomic E-state index is 12.9. The quantitative estimate of drug-likeness (QED) is 0.669. The lowest BCUT2D eigenvalue weighted by molar-refractivity contribution is -0.184. The van der Waals surface area contributed by atoms with Gasteiger partial charge < -0.3 is 19.3 Å². The molecule has 0 aliphatic carbocycles. The largest absolute Gasteiger partial charge is 0.504 e. The van der Waals surface area contributed by atoms with Gasteiger partial charge in [-0.1, -0.05) is 6.07 Å². The molecule has 1 aromatic rings. The van der Waals surface area contributed by atoms with E-state index in [0.29, 0.717) is 17.6 Å². The molecule has 1 aromatic carbocycles. The molecule has 1 N–H and O–H groups in total. The number of phenols is 1. The highest BCUT2D eigenvalue weighted by Crippen LogP contribution is 2.46. The van der Waals surface area contributed by atoms with E-state index in [1.165, 1.54) is 13.2 Å². The van der Waals surface area contributed by atoms with Crippen molar-refractivity contribution in [2.24, 2.45) is 0 Å². The SMILES string of the molecule is COc1cc(C2=C[C@@H]3CCC(=O)[C@@]2(C(=O)OC(C)(C)C)O3)ccc1O. The number of fused-ring (bicyclic) bond motifs is 2. The molecule has 6 heteroatoms. The molecule has 25 heavy (non-hydrogen) atoms. The van der Waals surface area contributed by atoms with E-state index >= 15 is 0 Å². The van der Waals surface area contributed by atoms with E-state index in [4.69, 9.17) is 14.2 Å². The maximum atomic E-state index is 12.9. The minimum absolute atomic E-state index is 0.0219. The number of hydrogen-bond donors (Lipinski definition) is 1. The first-order chi connectivity index (χ1) is 11.7. The standard InChI is InChI=1S/C19H22O6/c1-18(2,3)25-17(22)19-13(10-12(24-19)6-8-16(19)21)11-5-7-14(20)15(9-11)23-4/h5,7,9-10,12,20H,6,8H2,1-4H3/t12-,19-/m0/s1. The third-order valence-corrected chi connectivity index (χ3v) is 4.29. The van der Waals surface area contributed by atoms with Crippen molar-refractivity contribution in [3.63, 3.8) is 0 Å². The highest BCUT2D eigenvalue weighted by atomic mass is 16.6. The summed E-state index contributed by atoms with van der Waals surface area (Å²) in [5, 5.41) is 9.81. The number of carbonyl (C=O) groups excluding carboxylic acids is 2. The molecular formula is C19H22O6. The van der Waals surface area contributed by atoms with E-state index in [0.717, 1.165) is 0 Å². The van der Waals surface area contributed by atoms with Crippen LogP contribution in [-0.2, 0) is 19.1 Å². The Hall–Kier alpha value is -2.34. The molecule has 0 spiro atoms. The van der Waals surface area contributed by atoms with Gasteiger partial charge in [0.15, 0.2) is 17.3 Å². The molecule has 1 fully saturated rings. The Morgan fingerprint density at radius 2 is 2.08 bits per heavy atom. The highest BCUT2D eigenvalue weighted by molar-refractivity contribution is 6.20. The summed E-state index contributed by atoms with van der Waals surface area (Å²) in [4.78, 5) is 25.7. The van der Waals surface area contributed by atoms with E-state index in [1.54, 1.807) is 39.0 Å². The first kappa shape index (κ1) is 17.5. The van der Waals surface area contributed by atoms with Gasteiger partial charge in [-0.2, -0.15) is 0 Å². The summed E-state index contributed by atoms with van der Waals surface area (Å²) in [5.74, 6) is -0.780. The molecule has 134 valence electrons. The van der Waals surface area contributed by atoms with Crippen molar-refractivity contribution in [2.45, 2.75) is 50.9 Å². The number of aromatic hydroxyl groups is 1. The van der Waals surface area contributed by atoms with Gasteiger partial charge in [0.25, 0.3) is 0 Å². The molecule has 0 saturated carbocycles. The lowest BCUT2D eigenvalue weighted by atomic mass is 9.84. The molecule has 0 aromatic heterocycles.